The maximum absolute atomic E-state index is 12.1. The SMILES string of the molecule is CCOC(=O)c1csc(-n2nc(-c3ccccc3)c(Cc3ccc(S(N)(=O)=O)cc3)c2CC#N)n1. The van der Waals surface area contributed by atoms with E-state index >= 15 is 0 Å². The van der Waals surface area contributed by atoms with Gasteiger partial charge < -0.3 is 4.74 Å². The van der Waals surface area contributed by atoms with Gasteiger partial charge in [0.1, 0.15) is 0 Å². The van der Waals surface area contributed by atoms with Gasteiger partial charge >= 0.3 is 5.97 Å². The summed E-state index contributed by atoms with van der Waals surface area (Å²) in [6, 6.07) is 18.0. The fourth-order valence-electron chi connectivity index (χ4n) is 3.58. The molecule has 0 atom stereocenters. The third-order valence-electron chi connectivity index (χ3n) is 5.17. The summed E-state index contributed by atoms with van der Waals surface area (Å²) in [5, 5.41) is 21.6. The average molecular weight is 508 g/mol. The van der Waals surface area contributed by atoms with Gasteiger partial charge in [0.05, 0.1) is 35.4 Å². The lowest BCUT2D eigenvalue weighted by atomic mass is 9.98. The van der Waals surface area contributed by atoms with Crippen LogP contribution < -0.4 is 5.14 Å². The lowest BCUT2D eigenvalue weighted by Crippen LogP contribution is -2.12. The first-order valence-corrected chi connectivity index (χ1v) is 13.0. The van der Waals surface area contributed by atoms with Crippen LogP contribution in [0.1, 0.15) is 34.2 Å². The highest BCUT2D eigenvalue weighted by atomic mass is 32.2. The molecule has 0 aliphatic carbocycles. The van der Waals surface area contributed by atoms with Crippen LogP contribution in [0, 0.1) is 11.3 Å². The van der Waals surface area contributed by atoms with E-state index in [-0.39, 0.29) is 23.6 Å². The van der Waals surface area contributed by atoms with Crippen LogP contribution in [0.5, 0.6) is 0 Å². The highest BCUT2D eigenvalue weighted by molar-refractivity contribution is 7.89. The van der Waals surface area contributed by atoms with Crippen LogP contribution in [0.3, 0.4) is 0 Å². The number of nitriles is 1. The second kappa shape index (κ2) is 10.2. The Kier molecular flexibility index (Phi) is 7.07. The minimum Gasteiger partial charge on any atom is -0.461 e. The number of carbonyl (C=O) groups excluding carboxylic acids is 1. The van der Waals surface area contributed by atoms with Crippen molar-refractivity contribution in [2.75, 3.05) is 6.61 Å². The van der Waals surface area contributed by atoms with E-state index in [9.17, 15) is 18.5 Å². The van der Waals surface area contributed by atoms with Crippen molar-refractivity contribution < 1.29 is 17.9 Å². The van der Waals surface area contributed by atoms with Crippen LogP contribution in [-0.4, -0.2) is 35.8 Å². The Labute approximate surface area is 206 Å². The minimum atomic E-state index is -3.81. The van der Waals surface area contributed by atoms with Crippen LogP contribution in [0.15, 0.2) is 64.9 Å². The maximum Gasteiger partial charge on any atom is 0.357 e. The molecule has 0 fully saturated rings. The molecule has 4 aromatic rings. The lowest BCUT2D eigenvalue weighted by molar-refractivity contribution is 0.0520. The van der Waals surface area contributed by atoms with E-state index in [1.54, 1.807) is 29.1 Å². The van der Waals surface area contributed by atoms with Crippen molar-refractivity contribution in [3.63, 3.8) is 0 Å². The number of rotatable bonds is 8. The Morgan fingerprint density at radius 2 is 1.89 bits per heavy atom. The number of aromatic nitrogens is 3. The zero-order chi connectivity index (χ0) is 25.0. The number of primary sulfonamides is 1. The van der Waals surface area contributed by atoms with Crippen molar-refractivity contribution in [2.24, 2.45) is 5.14 Å². The van der Waals surface area contributed by atoms with Gasteiger partial charge in [-0.05, 0) is 24.6 Å². The molecule has 2 heterocycles. The molecule has 0 saturated heterocycles. The van der Waals surface area contributed by atoms with E-state index in [1.807, 2.05) is 30.3 Å². The number of carbonyl (C=O) groups is 1. The van der Waals surface area contributed by atoms with Crippen LogP contribution in [-0.2, 0) is 27.6 Å². The normalized spacial score (nSPS) is 11.2. The predicted octanol–water partition coefficient (Wildman–Crippen LogP) is 3.48. The summed E-state index contributed by atoms with van der Waals surface area (Å²) in [5.74, 6) is -0.526. The second-order valence-electron chi connectivity index (χ2n) is 7.49. The van der Waals surface area contributed by atoms with Gasteiger partial charge in [-0.1, -0.05) is 42.5 Å². The zero-order valence-electron chi connectivity index (χ0n) is 18.7. The van der Waals surface area contributed by atoms with Crippen LogP contribution in [0.4, 0.5) is 0 Å². The number of benzene rings is 2. The number of esters is 1. The first-order chi connectivity index (χ1) is 16.8. The molecule has 0 amide bonds. The molecule has 0 unspecified atom stereocenters. The first kappa shape index (κ1) is 24.3. The molecule has 11 heteroatoms. The van der Waals surface area contributed by atoms with E-state index in [0.717, 1.165) is 16.7 Å². The zero-order valence-corrected chi connectivity index (χ0v) is 20.3. The molecule has 0 aliphatic heterocycles. The largest absolute Gasteiger partial charge is 0.461 e. The van der Waals surface area contributed by atoms with Crippen molar-refractivity contribution >= 4 is 27.3 Å². The molecule has 2 N–H and O–H groups in total. The van der Waals surface area contributed by atoms with Gasteiger partial charge in [0.15, 0.2) is 5.69 Å². The predicted molar refractivity (Wildman–Crippen MR) is 131 cm³/mol. The van der Waals surface area contributed by atoms with Gasteiger partial charge in [0.25, 0.3) is 0 Å². The molecule has 0 saturated carbocycles. The van der Waals surface area contributed by atoms with E-state index in [4.69, 9.17) is 15.0 Å². The minimum absolute atomic E-state index is 0.0201. The second-order valence-corrected chi connectivity index (χ2v) is 9.89. The quantitative estimate of drug-likeness (QED) is 0.360. The summed E-state index contributed by atoms with van der Waals surface area (Å²) < 4.78 is 29.9. The molecule has 4 rings (SSSR count). The van der Waals surface area contributed by atoms with Crippen molar-refractivity contribution in [1.29, 1.82) is 5.26 Å². The molecule has 0 spiro atoms. The Balaban J connectivity index is 1.83. The summed E-state index contributed by atoms with van der Waals surface area (Å²) >= 11 is 1.22. The van der Waals surface area contributed by atoms with E-state index in [2.05, 4.69) is 11.1 Å². The number of sulfonamides is 1. The van der Waals surface area contributed by atoms with Gasteiger partial charge in [-0.2, -0.15) is 10.4 Å². The Bertz CT molecular complexity index is 1500. The van der Waals surface area contributed by atoms with E-state index in [1.165, 1.54) is 23.5 Å². The van der Waals surface area contributed by atoms with Crippen LogP contribution in [0.25, 0.3) is 16.4 Å². The Morgan fingerprint density at radius 3 is 2.51 bits per heavy atom. The summed E-state index contributed by atoms with van der Waals surface area (Å²) in [7, 11) is -3.81. The fraction of sp³-hybridized carbons (Fsp3) is 0.167. The summed E-state index contributed by atoms with van der Waals surface area (Å²) in [4.78, 5) is 16.5. The van der Waals surface area contributed by atoms with Crippen LogP contribution in [0.2, 0.25) is 0 Å². The third-order valence-corrected chi connectivity index (χ3v) is 6.92. The topological polar surface area (TPSA) is 141 Å². The van der Waals surface area contributed by atoms with Gasteiger partial charge in [-0.15, -0.1) is 11.3 Å². The number of ether oxygens (including phenoxy) is 1. The summed E-state index contributed by atoms with van der Waals surface area (Å²) in [5.41, 5.74) is 3.94. The van der Waals surface area contributed by atoms with Gasteiger partial charge in [-0.25, -0.2) is 28.0 Å². The summed E-state index contributed by atoms with van der Waals surface area (Å²) in [6.45, 7) is 1.96. The molecular weight excluding hydrogens is 486 g/mol. The standard InChI is InChI=1S/C24H21N5O4S2/c1-2-33-23(30)20-15-34-24(27-20)29-21(12-13-25)19(22(28-29)17-6-4-3-5-7-17)14-16-8-10-18(11-9-16)35(26,31)32/h3-11,15H,2,12,14H2,1H3,(H2,26,31,32). The average Bonchev–Trinajstić information content (AvgIpc) is 3.46. The molecule has 2 aromatic carbocycles. The number of thiazole rings is 1. The van der Waals surface area contributed by atoms with E-state index in [0.29, 0.717) is 22.9 Å². The fourth-order valence-corrected chi connectivity index (χ4v) is 4.86. The Morgan fingerprint density at radius 1 is 1.17 bits per heavy atom. The number of hydrogen-bond donors (Lipinski definition) is 1. The molecule has 35 heavy (non-hydrogen) atoms. The highest BCUT2D eigenvalue weighted by Crippen LogP contribution is 2.31. The van der Waals surface area contributed by atoms with Crippen LogP contribution >= 0.6 is 11.3 Å². The molecule has 0 radical (unpaired) electrons. The third kappa shape index (κ3) is 5.30. The van der Waals surface area contributed by atoms with Crippen molar-refractivity contribution in [1.82, 2.24) is 14.8 Å². The van der Waals surface area contributed by atoms with Gasteiger partial charge in [0.2, 0.25) is 15.2 Å². The van der Waals surface area contributed by atoms with Crippen molar-refractivity contribution in [3.05, 3.63) is 82.5 Å². The molecular formula is C24H21N5O4S2. The number of nitrogens with zero attached hydrogens (tertiary/aromatic N) is 4. The summed E-state index contributed by atoms with van der Waals surface area (Å²) in [6.07, 6.45) is 0.445. The molecule has 0 bridgehead atoms. The molecule has 178 valence electrons. The number of nitrogens with two attached hydrogens (primary N) is 1. The number of hydrogen-bond acceptors (Lipinski definition) is 8. The molecule has 2 aromatic heterocycles. The molecule has 9 nitrogen and oxygen atoms in total. The molecule has 0 aliphatic rings. The lowest BCUT2D eigenvalue weighted by Gasteiger charge is -2.07. The Hall–Kier alpha value is -3.85. The van der Waals surface area contributed by atoms with Gasteiger partial charge in [-0.3, -0.25) is 0 Å². The van der Waals surface area contributed by atoms with E-state index < -0.39 is 16.0 Å². The highest BCUT2D eigenvalue weighted by Gasteiger charge is 2.23. The smallest absolute Gasteiger partial charge is 0.357 e. The maximum atomic E-state index is 12.1. The van der Waals surface area contributed by atoms with Crippen molar-refractivity contribution in [3.8, 4) is 22.5 Å². The monoisotopic (exact) mass is 507 g/mol. The van der Waals surface area contributed by atoms with Gasteiger partial charge in [0, 0.05) is 22.9 Å². The first-order valence-electron chi connectivity index (χ1n) is 10.6. The van der Waals surface area contributed by atoms with Crippen molar-refractivity contribution in [2.45, 2.75) is 24.7 Å².